The molecular weight excluding hydrogens is 374 g/mol. The summed E-state index contributed by atoms with van der Waals surface area (Å²) in [6, 6.07) is 10.7. The summed E-state index contributed by atoms with van der Waals surface area (Å²) in [5.74, 6) is 0.873. The van der Waals surface area contributed by atoms with Gasteiger partial charge in [-0.2, -0.15) is 0 Å². The van der Waals surface area contributed by atoms with E-state index in [1.165, 1.54) is 5.56 Å². The van der Waals surface area contributed by atoms with Gasteiger partial charge in [0.1, 0.15) is 5.65 Å². The molecule has 3 aromatic heterocycles. The molecule has 2 N–H and O–H groups in total. The van der Waals surface area contributed by atoms with E-state index in [1.807, 2.05) is 25.5 Å². The zero-order chi connectivity index (χ0) is 20.8. The third kappa shape index (κ3) is 5.16. The Labute approximate surface area is 178 Å². The van der Waals surface area contributed by atoms with E-state index in [0.717, 1.165) is 68.4 Å². The van der Waals surface area contributed by atoms with Gasteiger partial charge in [0.25, 0.3) is 0 Å². The summed E-state index contributed by atoms with van der Waals surface area (Å²) in [6.45, 7) is 5.98. The number of hydrogen-bond donors (Lipinski definition) is 2. The normalized spacial score (nSPS) is 16.1. The molecule has 7 heteroatoms. The maximum atomic E-state index is 4.75. The molecule has 1 saturated heterocycles. The number of aryl methyl sites for hydroxylation is 1. The third-order valence-electron chi connectivity index (χ3n) is 5.67. The molecule has 0 saturated carbocycles. The highest BCUT2D eigenvalue weighted by molar-refractivity contribution is 5.79. The van der Waals surface area contributed by atoms with E-state index in [2.05, 4.69) is 67.3 Å². The highest BCUT2D eigenvalue weighted by Crippen LogP contribution is 2.13. The minimum absolute atomic E-state index is 0.453. The van der Waals surface area contributed by atoms with Crippen molar-refractivity contribution < 1.29 is 0 Å². The van der Waals surface area contributed by atoms with E-state index in [4.69, 9.17) is 4.98 Å². The van der Waals surface area contributed by atoms with Gasteiger partial charge in [0.2, 0.25) is 0 Å². The van der Waals surface area contributed by atoms with E-state index < -0.39 is 0 Å². The van der Waals surface area contributed by atoms with Crippen molar-refractivity contribution in [2.75, 3.05) is 26.7 Å². The zero-order valence-corrected chi connectivity index (χ0v) is 17.9. The van der Waals surface area contributed by atoms with Crippen LogP contribution >= 0.6 is 0 Å². The Morgan fingerprint density at radius 2 is 2.03 bits per heavy atom. The fourth-order valence-electron chi connectivity index (χ4n) is 3.98. The molecule has 0 amide bonds. The fourth-order valence-corrected chi connectivity index (χ4v) is 3.98. The van der Waals surface area contributed by atoms with Crippen LogP contribution in [0, 0.1) is 6.92 Å². The second kappa shape index (κ2) is 9.71. The van der Waals surface area contributed by atoms with Crippen molar-refractivity contribution in [1.29, 1.82) is 0 Å². The van der Waals surface area contributed by atoms with Crippen molar-refractivity contribution in [3.05, 3.63) is 65.9 Å². The number of nitrogens with zero attached hydrogens (tertiary/aromatic N) is 5. The molecule has 1 fully saturated rings. The standard InChI is InChI=1S/C23H31N7/c1-18-6-5-13-30-17-21(27-22(18)30)8-12-26-23(24-2)28-19-9-14-29(15-10-19)16-20-7-3-4-11-25-20/h3-7,11,13,17,19H,8-10,12,14-16H2,1-2H3,(H2,24,26,28). The summed E-state index contributed by atoms with van der Waals surface area (Å²) < 4.78 is 2.09. The second-order valence-corrected chi connectivity index (χ2v) is 7.92. The number of imidazole rings is 1. The first kappa shape index (κ1) is 20.3. The monoisotopic (exact) mass is 405 g/mol. The third-order valence-corrected chi connectivity index (χ3v) is 5.67. The number of hydrogen-bond acceptors (Lipinski definition) is 4. The van der Waals surface area contributed by atoms with Gasteiger partial charge in [0.05, 0.1) is 11.4 Å². The van der Waals surface area contributed by atoms with E-state index in [-0.39, 0.29) is 0 Å². The zero-order valence-electron chi connectivity index (χ0n) is 17.9. The quantitative estimate of drug-likeness (QED) is 0.487. The van der Waals surface area contributed by atoms with Gasteiger partial charge in [-0.25, -0.2) is 4.98 Å². The average molecular weight is 406 g/mol. The van der Waals surface area contributed by atoms with Gasteiger partial charge in [0.15, 0.2) is 5.96 Å². The summed E-state index contributed by atoms with van der Waals surface area (Å²) in [5, 5.41) is 7.02. The fraction of sp³-hybridized carbons (Fsp3) is 0.435. The van der Waals surface area contributed by atoms with Crippen LogP contribution in [0.4, 0.5) is 0 Å². The van der Waals surface area contributed by atoms with E-state index >= 15 is 0 Å². The van der Waals surface area contributed by atoms with E-state index in [1.54, 1.807) is 0 Å². The van der Waals surface area contributed by atoms with Crippen LogP contribution in [0.3, 0.4) is 0 Å². The van der Waals surface area contributed by atoms with Crippen molar-refractivity contribution >= 4 is 11.6 Å². The summed E-state index contributed by atoms with van der Waals surface area (Å²) in [5.41, 5.74) is 4.47. The lowest BCUT2D eigenvalue weighted by Crippen LogP contribution is -2.48. The van der Waals surface area contributed by atoms with Gasteiger partial charge < -0.3 is 15.0 Å². The van der Waals surface area contributed by atoms with Gasteiger partial charge in [-0.05, 0) is 43.5 Å². The molecule has 158 valence electrons. The van der Waals surface area contributed by atoms with Crippen LogP contribution in [0.15, 0.2) is 53.9 Å². The molecule has 1 aliphatic heterocycles. The lowest BCUT2D eigenvalue weighted by Gasteiger charge is -2.32. The molecule has 4 heterocycles. The molecule has 0 aliphatic carbocycles. The van der Waals surface area contributed by atoms with Crippen LogP contribution in [-0.4, -0.2) is 58.0 Å². The summed E-state index contributed by atoms with van der Waals surface area (Å²) in [4.78, 5) is 16.1. The summed E-state index contributed by atoms with van der Waals surface area (Å²) in [7, 11) is 1.83. The molecule has 4 rings (SSSR count). The summed E-state index contributed by atoms with van der Waals surface area (Å²) in [6.07, 6.45) is 9.11. The molecule has 30 heavy (non-hydrogen) atoms. The lowest BCUT2D eigenvalue weighted by molar-refractivity contribution is 0.196. The maximum absolute atomic E-state index is 4.75. The molecule has 3 aromatic rings. The highest BCUT2D eigenvalue weighted by Gasteiger charge is 2.20. The van der Waals surface area contributed by atoms with Crippen molar-refractivity contribution in [2.24, 2.45) is 4.99 Å². The van der Waals surface area contributed by atoms with Crippen molar-refractivity contribution in [3.8, 4) is 0 Å². The molecule has 0 aromatic carbocycles. The Bertz CT molecular complexity index is 972. The van der Waals surface area contributed by atoms with Crippen LogP contribution in [-0.2, 0) is 13.0 Å². The number of pyridine rings is 2. The second-order valence-electron chi connectivity index (χ2n) is 7.92. The molecule has 1 aliphatic rings. The number of rotatable bonds is 6. The largest absolute Gasteiger partial charge is 0.356 e. The average Bonchev–Trinajstić information content (AvgIpc) is 3.19. The van der Waals surface area contributed by atoms with Crippen LogP contribution in [0.25, 0.3) is 5.65 Å². The Balaban J connectivity index is 1.21. The first-order valence-electron chi connectivity index (χ1n) is 10.7. The molecule has 0 bridgehead atoms. The number of nitrogens with one attached hydrogen (secondary N) is 2. The van der Waals surface area contributed by atoms with Gasteiger partial charge >= 0.3 is 0 Å². The smallest absolute Gasteiger partial charge is 0.191 e. The van der Waals surface area contributed by atoms with Crippen LogP contribution in [0.1, 0.15) is 29.8 Å². The Morgan fingerprint density at radius 1 is 1.17 bits per heavy atom. The van der Waals surface area contributed by atoms with E-state index in [9.17, 15) is 0 Å². The first-order chi connectivity index (χ1) is 14.7. The first-order valence-corrected chi connectivity index (χ1v) is 10.7. The van der Waals surface area contributed by atoms with E-state index in [0.29, 0.717) is 6.04 Å². The van der Waals surface area contributed by atoms with Crippen molar-refractivity contribution in [1.82, 2.24) is 29.9 Å². The maximum Gasteiger partial charge on any atom is 0.191 e. The topological polar surface area (TPSA) is 69.8 Å². The molecule has 0 atom stereocenters. The van der Waals surface area contributed by atoms with Gasteiger partial charge in [0, 0.05) is 64.3 Å². The minimum atomic E-state index is 0.453. The number of likely N-dealkylation sites (tertiary alicyclic amines) is 1. The predicted octanol–water partition coefficient (Wildman–Crippen LogP) is 2.41. The molecular formula is C23H31N7. The van der Waals surface area contributed by atoms with Crippen molar-refractivity contribution in [2.45, 2.75) is 38.8 Å². The molecule has 7 nitrogen and oxygen atoms in total. The van der Waals surface area contributed by atoms with Crippen molar-refractivity contribution in [3.63, 3.8) is 0 Å². The van der Waals surface area contributed by atoms with Crippen LogP contribution < -0.4 is 10.6 Å². The number of aromatic nitrogens is 3. The van der Waals surface area contributed by atoms with Gasteiger partial charge in [-0.1, -0.05) is 12.1 Å². The van der Waals surface area contributed by atoms with Gasteiger partial charge in [-0.3, -0.25) is 14.9 Å². The number of aliphatic imine (C=N–C) groups is 1. The number of fused-ring (bicyclic) bond motifs is 1. The number of piperidine rings is 1. The number of guanidine groups is 1. The Kier molecular flexibility index (Phi) is 6.59. The SMILES string of the molecule is CN=C(NCCc1cn2cccc(C)c2n1)NC1CCN(Cc2ccccn2)CC1. The Morgan fingerprint density at radius 3 is 2.77 bits per heavy atom. The lowest BCUT2D eigenvalue weighted by atomic mass is 10.0. The molecule has 0 unspecified atom stereocenters. The predicted molar refractivity (Wildman–Crippen MR) is 121 cm³/mol. The minimum Gasteiger partial charge on any atom is -0.356 e. The van der Waals surface area contributed by atoms with Crippen LogP contribution in [0.2, 0.25) is 0 Å². The van der Waals surface area contributed by atoms with Gasteiger partial charge in [-0.15, -0.1) is 0 Å². The molecule has 0 radical (unpaired) electrons. The Hall–Kier alpha value is -2.93. The van der Waals surface area contributed by atoms with Crippen LogP contribution in [0.5, 0.6) is 0 Å². The molecule has 0 spiro atoms. The summed E-state index contributed by atoms with van der Waals surface area (Å²) >= 11 is 0. The highest BCUT2D eigenvalue weighted by atomic mass is 15.2.